The van der Waals surface area contributed by atoms with Crippen molar-refractivity contribution in [2.45, 2.75) is 25.8 Å². The molecule has 0 spiro atoms. The third-order valence-corrected chi connectivity index (χ3v) is 4.07. The standard InChI is InChI=1S/C16H18ClNO3/c1-10(11-6-8-12(17)9-7-11)18-15(19)13-4-2-3-5-14(13)16(20)21/h2-3,6-10,13-14H,4-5H2,1H3,(H,18,19)(H,20,21)/t10-,13?,14?/m0/s1. The Kier molecular flexibility index (Phi) is 5.02. The van der Waals surface area contributed by atoms with Gasteiger partial charge in [0.2, 0.25) is 5.91 Å². The quantitative estimate of drug-likeness (QED) is 0.840. The number of aliphatic carboxylic acids is 1. The average molecular weight is 308 g/mol. The smallest absolute Gasteiger partial charge is 0.307 e. The number of carboxylic acids is 1. The van der Waals surface area contributed by atoms with Crippen molar-refractivity contribution < 1.29 is 14.7 Å². The van der Waals surface area contributed by atoms with Gasteiger partial charge in [0.15, 0.2) is 0 Å². The minimum atomic E-state index is -0.918. The minimum absolute atomic E-state index is 0.185. The van der Waals surface area contributed by atoms with E-state index in [0.29, 0.717) is 17.9 Å². The van der Waals surface area contributed by atoms with Crippen molar-refractivity contribution in [1.29, 1.82) is 0 Å². The SMILES string of the molecule is C[C@H](NC(=O)C1CC=CCC1C(=O)O)c1ccc(Cl)cc1. The van der Waals surface area contributed by atoms with Crippen LogP contribution in [0.15, 0.2) is 36.4 Å². The van der Waals surface area contributed by atoms with Crippen molar-refractivity contribution in [2.75, 3.05) is 0 Å². The van der Waals surface area contributed by atoms with Gasteiger partial charge >= 0.3 is 5.97 Å². The molecule has 0 aliphatic heterocycles. The first kappa shape index (κ1) is 15.6. The summed E-state index contributed by atoms with van der Waals surface area (Å²) in [6.07, 6.45) is 4.57. The van der Waals surface area contributed by atoms with Gasteiger partial charge in [0.25, 0.3) is 0 Å². The van der Waals surface area contributed by atoms with Crippen LogP contribution in [0.5, 0.6) is 0 Å². The molecule has 0 saturated heterocycles. The molecule has 5 heteroatoms. The molecule has 0 aromatic heterocycles. The lowest BCUT2D eigenvalue weighted by Crippen LogP contribution is -2.39. The van der Waals surface area contributed by atoms with Gasteiger partial charge in [-0.1, -0.05) is 35.9 Å². The van der Waals surface area contributed by atoms with Gasteiger partial charge in [-0.25, -0.2) is 0 Å². The number of amides is 1. The highest BCUT2D eigenvalue weighted by atomic mass is 35.5. The summed E-state index contributed by atoms with van der Waals surface area (Å²) in [6, 6.07) is 7.05. The highest BCUT2D eigenvalue weighted by Gasteiger charge is 2.34. The number of hydrogen-bond donors (Lipinski definition) is 2. The van der Waals surface area contributed by atoms with Crippen molar-refractivity contribution in [3.63, 3.8) is 0 Å². The van der Waals surface area contributed by atoms with E-state index in [4.69, 9.17) is 11.6 Å². The zero-order valence-electron chi connectivity index (χ0n) is 11.8. The predicted molar refractivity (Wildman–Crippen MR) is 81.0 cm³/mol. The molecule has 4 nitrogen and oxygen atoms in total. The van der Waals surface area contributed by atoms with Gasteiger partial charge in [0.1, 0.15) is 0 Å². The fourth-order valence-electron chi connectivity index (χ4n) is 2.53. The fourth-order valence-corrected chi connectivity index (χ4v) is 2.66. The second kappa shape index (κ2) is 6.76. The minimum Gasteiger partial charge on any atom is -0.481 e. The summed E-state index contributed by atoms with van der Waals surface area (Å²) >= 11 is 5.84. The third kappa shape index (κ3) is 3.85. The Morgan fingerprint density at radius 2 is 1.76 bits per heavy atom. The maximum absolute atomic E-state index is 12.3. The van der Waals surface area contributed by atoms with E-state index in [2.05, 4.69) is 5.32 Å². The number of allylic oxidation sites excluding steroid dienone is 2. The predicted octanol–water partition coefficient (Wildman–Crippen LogP) is 3.18. The van der Waals surface area contributed by atoms with Gasteiger partial charge < -0.3 is 10.4 Å². The summed E-state index contributed by atoms with van der Waals surface area (Å²) in [4.78, 5) is 23.6. The number of nitrogens with one attached hydrogen (secondary N) is 1. The zero-order valence-corrected chi connectivity index (χ0v) is 12.5. The molecule has 0 bridgehead atoms. The number of halogens is 1. The molecule has 1 aliphatic rings. The van der Waals surface area contributed by atoms with Crippen LogP contribution in [0, 0.1) is 11.8 Å². The Labute approximate surface area is 128 Å². The molecular formula is C16H18ClNO3. The second-order valence-corrected chi connectivity index (χ2v) is 5.71. The van der Waals surface area contributed by atoms with E-state index < -0.39 is 17.8 Å². The van der Waals surface area contributed by atoms with Gasteiger partial charge in [-0.05, 0) is 37.5 Å². The Morgan fingerprint density at radius 3 is 2.33 bits per heavy atom. The van der Waals surface area contributed by atoms with E-state index in [1.54, 1.807) is 12.1 Å². The van der Waals surface area contributed by atoms with Gasteiger partial charge in [-0.3, -0.25) is 9.59 Å². The van der Waals surface area contributed by atoms with Crippen LogP contribution in [0.1, 0.15) is 31.4 Å². The van der Waals surface area contributed by atoms with Crippen LogP contribution < -0.4 is 5.32 Å². The Bertz CT molecular complexity index is 553. The number of hydrogen-bond acceptors (Lipinski definition) is 2. The number of rotatable bonds is 4. The molecule has 0 saturated carbocycles. The Hall–Kier alpha value is -1.81. The normalized spacial score (nSPS) is 22.6. The number of carbonyl (C=O) groups is 2. The van der Waals surface area contributed by atoms with Crippen LogP contribution in [0.4, 0.5) is 0 Å². The van der Waals surface area contributed by atoms with Crippen LogP contribution in [-0.4, -0.2) is 17.0 Å². The maximum Gasteiger partial charge on any atom is 0.307 e. The van der Waals surface area contributed by atoms with Crippen molar-refractivity contribution in [3.8, 4) is 0 Å². The maximum atomic E-state index is 12.3. The lowest BCUT2D eigenvalue weighted by atomic mass is 9.82. The van der Waals surface area contributed by atoms with Gasteiger partial charge in [0.05, 0.1) is 17.9 Å². The fraction of sp³-hybridized carbons (Fsp3) is 0.375. The number of benzene rings is 1. The van der Waals surface area contributed by atoms with Crippen molar-refractivity contribution >= 4 is 23.5 Å². The second-order valence-electron chi connectivity index (χ2n) is 5.28. The van der Waals surface area contributed by atoms with Crippen molar-refractivity contribution in [1.82, 2.24) is 5.32 Å². The van der Waals surface area contributed by atoms with Crippen molar-refractivity contribution in [3.05, 3.63) is 47.0 Å². The van der Waals surface area contributed by atoms with Gasteiger partial charge in [-0.15, -0.1) is 0 Å². The molecule has 0 heterocycles. The Morgan fingerprint density at radius 1 is 1.19 bits per heavy atom. The lowest BCUT2D eigenvalue weighted by Gasteiger charge is -2.26. The monoisotopic (exact) mass is 307 g/mol. The van der Waals surface area contributed by atoms with E-state index in [1.165, 1.54) is 0 Å². The summed E-state index contributed by atoms with van der Waals surface area (Å²) in [6.45, 7) is 1.87. The van der Waals surface area contributed by atoms with Gasteiger partial charge in [-0.2, -0.15) is 0 Å². The molecule has 3 atom stereocenters. The summed E-state index contributed by atoms with van der Waals surface area (Å²) in [5.41, 5.74) is 0.936. The average Bonchev–Trinajstić information content (AvgIpc) is 2.47. The van der Waals surface area contributed by atoms with E-state index in [9.17, 15) is 14.7 Å². The van der Waals surface area contributed by atoms with E-state index in [1.807, 2.05) is 31.2 Å². The van der Waals surface area contributed by atoms with Crippen LogP contribution in [0.25, 0.3) is 0 Å². The number of carbonyl (C=O) groups excluding carboxylic acids is 1. The highest BCUT2D eigenvalue weighted by molar-refractivity contribution is 6.30. The molecule has 0 radical (unpaired) electrons. The van der Waals surface area contributed by atoms with E-state index in [-0.39, 0.29) is 11.9 Å². The largest absolute Gasteiger partial charge is 0.481 e. The molecule has 21 heavy (non-hydrogen) atoms. The zero-order chi connectivity index (χ0) is 15.4. The molecule has 1 amide bonds. The first-order valence-corrected chi connectivity index (χ1v) is 7.30. The molecule has 1 aromatic carbocycles. The molecule has 112 valence electrons. The summed E-state index contributed by atoms with van der Waals surface area (Å²) in [5.74, 6) is -2.29. The number of carboxylic acid groups (broad SMARTS) is 1. The highest BCUT2D eigenvalue weighted by Crippen LogP contribution is 2.27. The molecule has 1 aromatic rings. The molecule has 2 unspecified atom stereocenters. The summed E-state index contributed by atoms with van der Waals surface area (Å²) < 4.78 is 0. The van der Waals surface area contributed by atoms with Gasteiger partial charge in [0, 0.05) is 5.02 Å². The molecule has 2 rings (SSSR count). The molecule has 2 N–H and O–H groups in total. The molecule has 0 fully saturated rings. The van der Waals surface area contributed by atoms with Crippen molar-refractivity contribution in [2.24, 2.45) is 11.8 Å². The topological polar surface area (TPSA) is 66.4 Å². The molecular weight excluding hydrogens is 290 g/mol. The van der Waals surface area contributed by atoms with E-state index >= 15 is 0 Å². The summed E-state index contributed by atoms with van der Waals surface area (Å²) in [7, 11) is 0. The van der Waals surface area contributed by atoms with E-state index in [0.717, 1.165) is 5.56 Å². The van der Waals surface area contributed by atoms with Crippen LogP contribution in [0.2, 0.25) is 5.02 Å². The van der Waals surface area contributed by atoms with Crippen LogP contribution in [0.3, 0.4) is 0 Å². The van der Waals surface area contributed by atoms with Crippen LogP contribution >= 0.6 is 11.6 Å². The lowest BCUT2D eigenvalue weighted by molar-refractivity contribution is -0.147. The third-order valence-electron chi connectivity index (χ3n) is 3.82. The first-order chi connectivity index (χ1) is 9.99. The van der Waals surface area contributed by atoms with Crippen LogP contribution in [-0.2, 0) is 9.59 Å². The Balaban J connectivity index is 2.04. The molecule has 1 aliphatic carbocycles. The first-order valence-electron chi connectivity index (χ1n) is 6.92. The summed E-state index contributed by atoms with van der Waals surface area (Å²) in [5, 5.41) is 12.7.